The molecule has 0 aliphatic carbocycles. The van der Waals surface area contributed by atoms with Gasteiger partial charge in [0.2, 0.25) is 5.13 Å². The fourth-order valence-corrected chi connectivity index (χ4v) is 2.77. The van der Waals surface area contributed by atoms with Gasteiger partial charge in [0.1, 0.15) is 5.75 Å². The maximum atomic E-state index is 5.57. The van der Waals surface area contributed by atoms with E-state index in [0.29, 0.717) is 6.61 Å². The molecule has 23 heavy (non-hydrogen) atoms. The number of nitrogens with one attached hydrogen (secondary N) is 1. The molecule has 0 atom stereocenters. The average molecular weight is 323 g/mol. The van der Waals surface area contributed by atoms with Gasteiger partial charge in [-0.25, -0.2) is 4.98 Å². The van der Waals surface area contributed by atoms with Crippen molar-refractivity contribution in [3.63, 3.8) is 0 Å². The van der Waals surface area contributed by atoms with Crippen molar-refractivity contribution >= 4 is 22.7 Å². The zero-order chi connectivity index (χ0) is 15.9. The second kappa shape index (κ2) is 7.56. The van der Waals surface area contributed by atoms with Crippen molar-refractivity contribution in [1.29, 1.82) is 0 Å². The number of anilines is 1. The first-order valence-corrected chi connectivity index (χ1v) is 8.26. The van der Waals surface area contributed by atoms with Crippen LogP contribution in [0.3, 0.4) is 0 Å². The van der Waals surface area contributed by atoms with E-state index in [1.807, 2.05) is 66.9 Å². The Hall–Kier alpha value is -2.66. The maximum absolute atomic E-state index is 5.57. The van der Waals surface area contributed by atoms with E-state index in [2.05, 4.69) is 15.5 Å². The molecule has 5 heteroatoms. The number of benzene rings is 2. The van der Waals surface area contributed by atoms with Crippen LogP contribution < -0.4 is 10.2 Å². The van der Waals surface area contributed by atoms with Crippen LogP contribution in [0.5, 0.6) is 5.75 Å². The summed E-state index contributed by atoms with van der Waals surface area (Å²) in [6.45, 7) is 2.60. The molecule has 116 valence electrons. The summed E-state index contributed by atoms with van der Waals surface area (Å²) in [5.41, 5.74) is 5.95. The summed E-state index contributed by atoms with van der Waals surface area (Å²) < 4.78 is 5.57. The molecule has 1 heterocycles. The van der Waals surface area contributed by atoms with Gasteiger partial charge in [0.15, 0.2) is 0 Å². The van der Waals surface area contributed by atoms with Crippen LogP contribution in [0.1, 0.15) is 12.5 Å². The molecule has 1 N–H and O–H groups in total. The van der Waals surface area contributed by atoms with E-state index in [1.54, 1.807) is 6.21 Å². The van der Waals surface area contributed by atoms with Crippen molar-refractivity contribution in [1.82, 2.24) is 4.98 Å². The SMILES string of the molecule is CCOc1ccccc1C=NNc1nc(-c2ccccc2)cs1. The van der Waals surface area contributed by atoms with Crippen LogP contribution in [0, 0.1) is 0 Å². The Morgan fingerprint density at radius 1 is 1.13 bits per heavy atom. The highest BCUT2D eigenvalue weighted by atomic mass is 32.1. The molecular weight excluding hydrogens is 306 g/mol. The maximum Gasteiger partial charge on any atom is 0.203 e. The molecule has 4 nitrogen and oxygen atoms in total. The molecule has 1 aromatic heterocycles. The first-order chi connectivity index (χ1) is 11.4. The van der Waals surface area contributed by atoms with Gasteiger partial charge in [0, 0.05) is 16.5 Å². The Morgan fingerprint density at radius 3 is 2.74 bits per heavy atom. The zero-order valence-electron chi connectivity index (χ0n) is 12.8. The molecule has 3 rings (SSSR count). The van der Waals surface area contributed by atoms with Gasteiger partial charge in [0.05, 0.1) is 18.5 Å². The second-order valence-corrected chi connectivity index (χ2v) is 5.60. The summed E-state index contributed by atoms with van der Waals surface area (Å²) >= 11 is 1.53. The van der Waals surface area contributed by atoms with Crippen molar-refractivity contribution in [2.75, 3.05) is 12.0 Å². The monoisotopic (exact) mass is 323 g/mol. The quantitative estimate of drug-likeness (QED) is 0.530. The average Bonchev–Trinajstić information content (AvgIpc) is 3.06. The number of nitrogens with zero attached hydrogens (tertiary/aromatic N) is 2. The fourth-order valence-electron chi connectivity index (χ4n) is 2.10. The molecule has 0 saturated heterocycles. The van der Waals surface area contributed by atoms with E-state index < -0.39 is 0 Å². The van der Waals surface area contributed by atoms with E-state index in [4.69, 9.17) is 4.74 Å². The van der Waals surface area contributed by atoms with Gasteiger partial charge in [-0.05, 0) is 19.1 Å². The van der Waals surface area contributed by atoms with Crippen molar-refractivity contribution in [3.05, 3.63) is 65.5 Å². The summed E-state index contributed by atoms with van der Waals surface area (Å²) in [4.78, 5) is 4.53. The van der Waals surface area contributed by atoms with Gasteiger partial charge in [-0.3, -0.25) is 5.43 Å². The zero-order valence-corrected chi connectivity index (χ0v) is 13.6. The van der Waals surface area contributed by atoms with Crippen molar-refractivity contribution in [2.24, 2.45) is 5.10 Å². The summed E-state index contributed by atoms with van der Waals surface area (Å²) in [5.74, 6) is 0.824. The van der Waals surface area contributed by atoms with Gasteiger partial charge in [-0.15, -0.1) is 11.3 Å². The van der Waals surface area contributed by atoms with Crippen LogP contribution in [0.25, 0.3) is 11.3 Å². The van der Waals surface area contributed by atoms with Crippen molar-refractivity contribution in [3.8, 4) is 17.0 Å². The van der Waals surface area contributed by atoms with Crippen LogP contribution in [-0.2, 0) is 0 Å². The lowest BCUT2D eigenvalue weighted by atomic mass is 10.2. The number of rotatable bonds is 6. The molecule has 0 radical (unpaired) electrons. The molecule has 0 spiro atoms. The lowest BCUT2D eigenvalue weighted by Crippen LogP contribution is -1.97. The molecule has 0 fully saturated rings. The highest BCUT2D eigenvalue weighted by Crippen LogP contribution is 2.24. The topological polar surface area (TPSA) is 46.5 Å². The number of ether oxygens (including phenoxy) is 1. The largest absolute Gasteiger partial charge is 0.493 e. The Labute approximate surface area is 139 Å². The minimum absolute atomic E-state index is 0.630. The Balaban J connectivity index is 1.68. The second-order valence-electron chi connectivity index (χ2n) is 4.74. The molecule has 0 saturated carbocycles. The van der Waals surface area contributed by atoms with Gasteiger partial charge >= 0.3 is 0 Å². The van der Waals surface area contributed by atoms with Crippen LogP contribution in [-0.4, -0.2) is 17.8 Å². The van der Waals surface area contributed by atoms with Crippen molar-refractivity contribution in [2.45, 2.75) is 6.92 Å². The van der Waals surface area contributed by atoms with E-state index in [1.165, 1.54) is 11.3 Å². The number of hydrazone groups is 1. The number of para-hydroxylation sites is 1. The first-order valence-electron chi connectivity index (χ1n) is 7.38. The molecule has 0 aliphatic heterocycles. The molecule has 0 aliphatic rings. The van der Waals surface area contributed by atoms with Crippen LogP contribution in [0.4, 0.5) is 5.13 Å². The Kier molecular flexibility index (Phi) is 5.01. The number of hydrogen-bond acceptors (Lipinski definition) is 5. The fraction of sp³-hybridized carbons (Fsp3) is 0.111. The summed E-state index contributed by atoms with van der Waals surface area (Å²) in [6.07, 6.45) is 1.74. The highest BCUT2D eigenvalue weighted by Gasteiger charge is 2.03. The minimum atomic E-state index is 0.630. The minimum Gasteiger partial charge on any atom is -0.493 e. The molecule has 0 bridgehead atoms. The van der Waals surface area contributed by atoms with E-state index in [-0.39, 0.29) is 0 Å². The van der Waals surface area contributed by atoms with E-state index in [0.717, 1.165) is 27.7 Å². The van der Waals surface area contributed by atoms with Crippen LogP contribution >= 0.6 is 11.3 Å². The van der Waals surface area contributed by atoms with Gasteiger partial charge in [0.25, 0.3) is 0 Å². The molecule has 0 unspecified atom stereocenters. The number of thiazole rings is 1. The normalized spacial score (nSPS) is 10.8. The lowest BCUT2D eigenvalue weighted by Gasteiger charge is -2.05. The van der Waals surface area contributed by atoms with Gasteiger partial charge < -0.3 is 4.74 Å². The molecular formula is C18H17N3OS. The van der Waals surface area contributed by atoms with Gasteiger partial charge in [-0.1, -0.05) is 42.5 Å². The van der Waals surface area contributed by atoms with Crippen LogP contribution in [0.15, 0.2) is 65.1 Å². The highest BCUT2D eigenvalue weighted by molar-refractivity contribution is 7.14. The summed E-state index contributed by atoms with van der Waals surface area (Å²) in [6, 6.07) is 17.9. The smallest absolute Gasteiger partial charge is 0.203 e. The third-order valence-corrected chi connectivity index (χ3v) is 3.90. The van der Waals surface area contributed by atoms with E-state index >= 15 is 0 Å². The van der Waals surface area contributed by atoms with Gasteiger partial charge in [-0.2, -0.15) is 5.10 Å². The number of aromatic nitrogens is 1. The third kappa shape index (κ3) is 3.96. The lowest BCUT2D eigenvalue weighted by molar-refractivity contribution is 0.340. The first kappa shape index (κ1) is 15.2. The molecule has 2 aromatic carbocycles. The predicted octanol–water partition coefficient (Wildman–Crippen LogP) is 4.65. The van der Waals surface area contributed by atoms with Crippen molar-refractivity contribution < 1.29 is 4.74 Å². The Morgan fingerprint density at radius 2 is 1.91 bits per heavy atom. The van der Waals surface area contributed by atoms with E-state index in [9.17, 15) is 0 Å². The summed E-state index contributed by atoms with van der Waals surface area (Å²) in [7, 11) is 0. The summed E-state index contributed by atoms with van der Waals surface area (Å²) in [5, 5.41) is 7.03. The predicted molar refractivity (Wildman–Crippen MR) is 96.4 cm³/mol. The third-order valence-electron chi connectivity index (χ3n) is 3.16. The molecule has 3 aromatic rings. The number of hydrogen-bond donors (Lipinski definition) is 1. The standard InChI is InChI=1S/C18H17N3OS/c1-2-22-17-11-7-6-10-15(17)12-19-21-18-20-16(13-23-18)14-8-4-3-5-9-14/h3-13H,2H2,1H3,(H,20,21). The molecule has 0 amide bonds. The van der Waals surface area contributed by atoms with Crippen LogP contribution in [0.2, 0.25) is 0 Å². The Bertz CT molecular complexity index is 784.